The lowest BCUT2D eigenvalue weighted by Gasteiger charge is -2.41. The van der Waals surface area contributed by atoms with Gasteiger partial charge in [0, 0.05) is 41.8 Å². The lowest BCUT2D eigenvalue weighted by atomic mass is 9.77. The summed E-state index contributed by atoms with van der Waals surface area (Å²) in [5, 5.41) is 23.9. The van der Waals surface area contributed by atoms with Crippen LogP contribution in [0.4, 0.5) is 4.39 Å². The number of hydrogen-bond acceptors (Lipinski definition) is 7. The molecule has 9 nitrogen and oxygen atoms in total. The number of benzene rings is 2. The fourth-order valence-electron chi connectivity index (χ4n) is 7.70. The molecular weight excluding hydrogens is 555 g/mol. The summed E-state index contributed by atoms with van der Waals surface area (Å²) in [6.45, 7) is -0.385. The molecule has 228 valence electrons. The summed E-state index contributed by atoms with van der Waals surface area (Å²) < 4.78 is 26.7. The standard InChI is InChI=1S/C33H37FN2O7/c1-42-27-13-19(17-38)12-23-29-24(33(41)35-8-9-37)15-26(30(40)32(29)43-31(23)27)36(16-21-4-2-3-5-25(21)34)28(39)14-22-11-18-6-7-20(22)10-18/h2-5,12-13,15,17-18,20,22,26,29-30,32,37,40H,6-11,14,16H2,1H3,(H,35,41)/t18?,20?,22?,26-,29+,30+,32+/m1/s1. The van der Waals surface area contributed by atoms with Crippen molar-refractivity contribution in [2.45, 2.75) is 62.8 Å². The van der Waals surface area contributed by atoms with Crippen LogP contribution in [0.5, 0.6) is 11.5 Å². The second-order valence-electron chi connectivity index (χ2n) is 12.2. The van der Waals surface area contributed by atoms with E-state index in [0.717, 1.165) is 19.3 Å². The number of nitrogens with one attached hydrogen (secondary N) is 1. The first kappa shape index (κ1) is 29.3. The highest BCUT2D eigenvalue weighted by molar-refractivity contribution is 5.96. The maximum Gasteiger partial charge on any atom is 0.247 e. The molecule has 2 fully saturated rings. The lowest BCUT2D eigenvalue weighted by Crippen LogP contribution is -2.55. The third-order valence-corrected chi connectivity index (χ3v) is 9.71. The number of amides is 2. The van der Waals surface area contributed by atoms with E-state index in [9.17, 15) is 29.0 Å². The first-order chi connectivity index (χ1) is 20.8. The minimum Gasteiger partial charge on any atom is -0.493 e. The quantitative estimate of drug-likeness (QED) is 0.362. The van der Waals surface area contributed by atoms with Crippen LogP contribution in [0.25, 0.3) is 0 Å². The van der Waals surface area contributed by atoms with Crippen LogP contribution in [0.15, 0.2) is 48.0 Å². The predicted octanol–water partition coefficient (Wildman–Crippen LogP) is 3.12. The second-order valence-corrected chi connectivity index (χ2v) is 12.2. The summed E-state index contributed by atoms with van der Waals surface area (Å²) in [6, 6.07) is 8.33. The summed E-state index contributed by atoms with van der Waals surface area (Å²) in [5.74, 6) is -0.00761. The minimum absolute atomic E-state index is 0.00566. The van der Waals surface area contributed by atoms with Crippen LogP contribution in [0.3, 0.4) is 0 Å². The smallest absolute Gasteiger partial charge is 0.247 e. The van der Waals surface area contributed by atoms with Crippen molar-refractivity contribution in [2.75, 3.05) is 20.3 Å². The SMILES string of the molecule is COc1cc(C=O)cc2c1O[C@@H]1[C@@H](O)[C@H](N(Cc3ccccc3F)C(=O)CC3CC4CCC3C4)C=C(C(=O)NCCO)[C@H]21. The highest BCUT2D eigenvalue weighted by Gasteiger charge is 2.52. The van der Waals surface area contributed by atoms with Gasteiger partial charge in [-0.2, -0.15) is 0 Å². The number of hydrogen-bond donors (Lipinski definition) is 3. The summed E-state index contributed by atoms with van der Waals surface area (Å²) >= 11 is 0. The lowest BCUT2D eigenvalue weighted by molar-refractivity contribution is -0.139. The summed E-state index contributed by atoms with van der Waals surface area (Å²) in [5.41, 5.74) is 1.34. The van der Waals surface area contributed by atoms with Gasteiger partial charge in [0.05, 0.1) is 25.7 Å². The molecule has 0 saturated heterocycles. The number of fused-ring (bicyclic) bond motifs is 5. The van der Waals surface area contributed by atoms with Crippen molar-refractivity contribution in [3.05, 3.63) is 70.6 Å². The first-order valence-corrected chi connectivity index (χ1v) is 15.0. The van der Waals surface area contributed by atoms with Crippen molar-refractivity contribution in [3.8, 4) is 11.5 Å². The van der Waals surface area contributed by atoms with Gasteiger partial charge in [0.25, 0.3) is 0 Å². The van der Waals surface area contributed by atoms with Crippen LogP contribution in [-0.2, 0) is 16.1 Å². The summed E-state index contributed by atoms with van der Waals surface area (Å²) in [6.07, 6.45) is 4.66. The van der Waals surface area contributed by atoms with Crippen LogP contribution < -0.4 is 14.8 Å². The third kappa shape index (κ3) is 5.42. The molecule has 0 radical (unpaired) electrons. The molecule has 3 N–H and O–H groups in total. The zero-order chi connectivity index (χ0) is 30.2. The van der Waals surface area contributed by atoms with E-state index >= 15 is 0 Å². The minimum atomic E-state index is -1.29. The number of ether oxygens (including phenoxy) is 2. The molecular formula is C33H37FN2O7. The Hall–Kier alpha value is -3.76. The molecule has 6 rings (SSSR count). The van der Waals surface area contributed by atoms with Gasteiger partial charge in [-0.05, 0) is 61.3 Å². The Kier molecular flexibility index (Phi) is 8.24. The molecule has 43 heavy (non-hydrogen) atoms. The van der Waals surface area contributed by atoms with E-state index in [1.807, 2.05) is 0 Å². The monoisotopic (exact) mass is 592 g/mol. The van der Waals surface area contributed by atoms with E-state index in [1.165, 1.54) is 30.6 Å². The highest BCUT2D eigenvalue weighted by Crippen LogP contribution is 2.52. The molecule has 2 bridgehead atoms. The fraction of sp³-hybridized carbons (Fsp3) is 0.485. The van der Waals surface area contributed by atoms with E-state index in [0.29, 0.717) is 40.6 Å². The molecule has 0 spiro atoms. The number of aliphatic hydroxyl groups excluding tert-OH is 2. The Balaban J connectivity index is 1.41. The van der Waals surface area contributed by atoms with Crippen molar-refractivity contribution in [3.63, 3.8) is 0 Å². The molecule has 1 heterocycles. The Morgan fingerprint density at radius 1 is 1.21 bits per heavy atom. The van der Waals surface area contributed by atoms with E-state index < -0.39 is 35.9 Å². The molecule has 2 aromatic carbocycles. The molecule has 1 aliphatic heterocycles. The molecule has 4 aliphatic rings. The third-order valence-electron chi connectivity index (χ3n) is 9.71. The summed E-state index contributed by atoms with van der Waals surface area (Å²) in [7, 11) is 1.43. The maximum atomic E-state index is 14.9. The maximum absolute atomic E-state index is 14.9. The topological polar surface area (TPSA) is 125 Å². The molecule has 2 saturated carbocycles. The van der Waals surface area contributed by atoms with Gasteiger partial charge in [-0.1, -0.05) is 24.6 Å². The number of nitrogens with zero attached hydrogens (tertiary/aromatic N) is 1. The largest absolute Gasteiger partial charge is 0.493 e. The number of rotatable bonds is 10. The van der Waals surface area contributed by atoms with E-state index in [4.69, 9.17) is 9.47 Å². The molecule has 2 aromatic rings. The van der Waals surface area contributed by atoms with E-state index in [-0.39, 0.29) is 49.3 Å². The Morgan fingerprint density at radius 3 is 2.70 bits per heavy atom. The number of halogens is 1. The van der Waals surface area contributed by atoms with Gasteiger partial charge in [0.15, 0.2) is 11.5 Å². The van der Waals surface area contributed by atoms with E-state index in [1.54, 1.807) is 30.3 Å². The van der Waals surface area contributed by atoms with Gasteiger partial charge in [-0.25, -0.2) is 4.39 Å². The van der Waals surface area contributed by atoms with Crippen molar-refractivity contribution >= 4 is 18.1 Å². The Labute approximate surface area is 249 Å². The second kappa shape index (κ2) is 12.1. The number of carbonyl (C=O) groups excluding carboxylic acids is 3. The zero-order valence-corrected chi connectivity index (χ0v) is 24.1. The van der Waals surface area contributed by atoms with Crippen molar-refractivity contribution < 1.29 is 38.5 Å². The van der Waals surface area contributed by atoms with Crippen LogP contribution in [0.2, 0.25) is 0 Å². The van der Waals surface area contributed by atoms with Gasteiger partial charge >= 0.3 is 0 Å². The van der Waals surface area contributed by atoms with Crippen LogP contribution in [-0.4, -0.2) is 71.7 Å². The van der Waals surface area contributed by atoms with Crippen LogP contribution >= 0.6 is 0 Å². The van der Waals surface area contributed by atoms with Crippen molar-refractivity contribution in [2.24, 2.45) is 17.8 Å². The molecule has 2 amide bonds. The number of methoxy groups -OCH3 is 1. The normalized spacial score (nSPS) is 28.4. The zero-order valence-electron chi connectivity index (χ0n) is 24.1. The molecule has 10 heteroatoms. The average molecular weight is 593 g/mol. The molecule has 7 atom stereocenters. The van der Waals surface area contributed by atoms with Crippen molar-refractivity contribution in [1.29, 1.82) is 0 Å². The van der Waals surface area contributed by atoms with Crippen molar-refractivity contribution in [1.82, 2.24) is 10.2 Å². The number of carbonyl (C=O) groups is 3. The number of aliphatic hydroxyl groups is 2. The van der Waals surface area contributed by atoms with Gasteiger partial charge in [-0.3, -0.25) is 14.4 Å². The molecule has 0 aromatic heterocycles. The molecule has 3 unspecified atom stereocenters. The van der Waals surface area contributed by atoms with Crippen LogP contribution in [0.1, 0.15) is 59.5 Å². The summed E-state index contributed by atoms with van der Waals surface area (Å²) in [4.78, 5) is 40.9. The van der Waals surface area contributed by atoms with E-state index in [2.05, 4.69) is 5.32 Å². The molecule has 3 aliphatic carbocycles. The highest BCUT2D eigenvalue weighted by atomic mass is 19.1. The van der Waals surface area contributed by atoms with Gasteiger partial charge in [0.2, 0.25) is 11.8 Å². The fourth-order valence-corrected chi connectivity index (χ4v) is 7.70. The number of aldehydes is 1. The average Bonchev–Trinajstić information content (AvgIpc) is 3.74. The Bertz CT molecular complexity index is 1440. The predicted molar refractivity (Wildman–Crippen MR) is 154 cm³/mol. The van der Waals surface area contributed by atoms with Gasteiger partial charge in [0.1, 0.15) is 24.3 Å². The van der Waals surface area contributed by atoms with Gasteiger partial charge < -0.3 is 29.9 Å². The first-order valence-electron chi connectivity index (χ1n) is 15.0. The van der Waals surface area contributed by atoms with Gasteiger partial charge in [-0.15, -0.1) is 0 Å². The Morgan fingerprint density at radius 2 is 2.02 bits per heavy atom. The van der Waals surface area contributed by atoms with Crippen LogP contribution in [0, 0.1) is 23.6 Å².